The molecule has 29 heavy (non-hydrogen) atoms. The summed E-state index contributed by atoms with van der Waals surface area (Å²) < 4.78 is 7.01. The molecule has 4 aromatic heterocycles. The van der Waals surface area contributed by atoms with E-state index < -0.39 is 0 Å². The Morgan fingerprint density at radius 2 is 1.97 bits per heavy atom. The molecule has 5 rings (SSSR count). The van der Waals surface area contributed by atoms with E-state index in [2.05, 4.69) is 31.3 Å². The molecule has 0 amide bonds. The first-order valence-corrected chi connectivity index (χ1v) is 9.15. The van der Waals surface area contributed by atoms with E-state index in [1.807, 2.05) is 30.3 Å². The van der Waals surface area contributed by atoms with Crippen LogP contribution in [0, 0.1) is 0 Å². The summed E-state index contributed by atoms with van der Waals surface area (Å²) in [5, 5.41) is 9.48. The maximum absolute atomic E-state index is 5.24. The van der Waals surface area contributed by atoms with E-state index in [1.54, 1.807) is 36.6 Å². The maximum Gasteiger partial charge on any atom is 0.221 e. The molecule has 5 aromatic rings. The van der Waals surface area contributed by atoms with E-state index in [-0.39, 0.29) is 0 Å². The maximum atomic E-state index is 5.24. The summed E-state index contributed by atoms with van der Waals surface area (Å²) in [6, 6.07) is 12.1. The smallest absolute Gasteiger partial charge is 0.221 e. The fourth-order valence-electron chi connectivity index (χ4n) is 3.26. The van der Waals surface area contributed by atoms with Gasteiger partial charge in [0.05, 0.1) is 37.3 Å². The minimum atomic E-state index is 0.528. The molecule has 8 nitrogen and oxygen atoms in total. The van der Waals surface area contributed by atoms with Crippen molar-refractivity contribution in [3.8, 4) is 5.75 Å². The SMILES string of the molecule is COc1cncc(Cc2cnc3nnn(Cc4ccc5ncccc5c4)c3n2)c1. The third kappa shape index (κ3) is 3.47. The number of rotatable bonds is 5. The van der Waals surface area contributed by atoms with E-state index >= 15 is 0 Å². The second-order valence-electron chi connectivity index (χ2n) is 6.70. The lowest BCUT2D eigenvalue weighted by Crippen LogP contribution is -2.04. The van der Waals surface area contributed by atoms with Gasteiger partial charge in [-0.1, -0.05) is 17.3 Å². The number of aromatic nitrogens is 7. The van der Waals surface area contributed by atoms with Crippen molar-refractivity contribution in [2.24, 2.45) is 0 Å². The Morgan fingerprint density at radius 3 is 2.90 bits per heavy atom. The first kappa shape index (κ1) is 17.2. The first-order chi connectivity index (χ1) is 14.3. The van der Waals surface area contributed by atoms with Gasteiger partial charge < -0.3 is 4.74 Å². The van der Waals surface area contributed by atoms with Crippen LogP contribution in [0.5, 0.6) is 5.75 Å². The highest BCUT2D eigenvalue weighted by atomic mass is 16.5. The van der Waals surface area contributed by atoms with Crippen LogP contribution in [0.4, 0.5) is 0 Å². The van der Waals surface area contributed by atoms with Crippen molar-refractivity contribution >= 4 is 22.2 Å². The van der Waals surface area contributed by atoms with Gasteiger partial charge >= 0.3 is 0 Å². The standard InChI is InChI=1S/C21H17N7O/c1-29-18-9-15(10-22-12-18)8-17-11-24-20-21(25-17)28(27-26-20)13-14-4-5-19-16(7-14)3-2-6-23-19/h2-7,9-12H,8,13H2,1H3. The molecule has 0 spiro atoms. The summed E-state index contributed by atoms with van der Waals surface area (Å²) >= 11 is 0. The van der Waals surface area contributed by atoms with E-state index in [0.29, 0.717) is 30.0 Å². The quantitative estimate of drug-likeness (QED) is 0.461. The molecule has 0 aliphatic heterocycles. The van der Waals surface area contributed by atoms with E-state index in [9.17, 15) is 0 Å². The summed E-state index contributed by atoms with van der Waals surface area (Å²) in [4.78, 5) is 17.7. The predicted molar refractivity (Wildman–Crippen MR) is 108 cm³/mol. The Bertz CT molecular complexity index is 1310. The van der Waals surface area contributed by atoms with E-state index in [0.717, 1.165) is 27.7 Å². The fraction of sp³-hybridized carbons (Fsp3) is 0.143. The number of ether oxygens (including phenoxy) is 1. The molecule has 0 fully saturated rings. The van der Waals surface area contributed by atoms with Gasteiger partial charge in [0.25, 0.3) is 0 Å². The molecule has 0 saturated carbocycles. The molecule has 0 radical (unpaired) electrons. The Labute approximate surface area is 166 Å². The molecular weight excluding hydrogens is 366 g/mol. The second-order valence-corrected chi connectivity index (χ2v) is 6.70. The van der Waals surface area contributed by atoms with Crippen LogP contribution < -0.4 is 4.74 Å². The monoisotopic (exact) mass is 383 g/mol. The van der Waals surface area contributed by atoms with Crippen molar-refractivity contribution in [1.82, 2.24) is 34.9 Å². The first-order valence-electron chi connectivity index (χ1n) is 9.15. The molecule has 4 heterocycles. The zero-order chi connectivity index (χ0) is 19.6. The molecule has 8 heteroatoms. The topological polar surface area (TPSA) is 91.5 Å². The molecule has 0 aliphatic carbocycles. The Kier molecular flexibility index (Phi) is 4.28. The molecule has 0 bridgehead atoms. The highest BCUT2D eigenvalue weighted by Gasteiger charge is 2.11. The second kappa shape index (κ2) is 7.23. The number of pyridine rings is 2. The number of methoxy groups -OCH3 is 1. The summed E-state index contributed by atoms with van der Waals surface area (Å²) in [6.07, 6.45) is 7.59. The summed E-state index contributed by atoms with van der Waals surface area (Å²) in [5.74, 6) is 0.717. The van der Waals surface area contributed by atoms with Crippen LogP contribution in [0.2, 0.25) is 0 Å². The number of nitrogens with zero attached hydrogens (tertiary/aromatic N) is 7. The van der Waals surface area contributed by atoms with Crippen molar-refractivity contribution in [3.05, 3.63) is 78.0 Å². The number of hydrogen-bond acceptors (Lipinski definition) is 7. The third-order valence-electron chi connectivity index (χ3n) is 4.67. The zero-order valence-electron chi connectivity index (χ0n) is 15.7. The Morgan fingerprint density at radius 1 is 1.00 bits per heavy atom. The average Bonchev–Trinajstić information content (AvgIpc) is 3.16. The van der Waals surface area contributed by atoms with Crippen molar-refractivity contribution < 1.29 is 4.74 Å². The van der Waals surface area contributed by atoms with Crippen molar-refractivity contribution in [2.75, 3.05) is 7.11 Å². The summed E-state index contributed by atoms with van der Waals surface area (Å²) in [5.41, 5.74) is 5.07. The lowest BCUT2D eigenvalue weighted by molar-refractivity contribution is 0.412. The fourth-order valence-corrected chi connectivity index (χ4v) is 3.26. The normalized spacial score (nSPS) is 11.2. The largest absolute Gasteiger partial charge is 0.495 e. The van der Waals surface area contributed by atoms with Crippen molar-refractivity contribution in [3.63, 3.8) is 0 Å². The van der Waals surface area contributed by atoms with E-state index in [4.69, 9.17) is 9.72 Å². The highest BCUT2D eigenvalue weighted by Crippen LogP contribution is 2.17. The van der Waals surface area contributed by atoms with Crippen LogP contribution in [0.3, 0.4) is 0 Å². The molecule has 0 saturated heterocycles. The molecule has 0 N–H and O–H groups in total. The molecule has 0 atom stereocenters. The van der Waals surface area contributed by atoms with Crippen LogP contribution in [-0.4, -0.2) is 42.0 Å². The minimum absolute atomic E-state index is 0.528. The van der Waals surface area contributed by atoms with Crippen LogP contribution >= 0.6 is 0 Å². The molecule has 0 aliphatic rings. The predicted octanol–water partition coefficient (Wildman–Crippen LogP) is 2.81. The number of hydrogen-bond donors (Lipinski definition) is 0. The van der Waals surface area contributed by atoms with Crippen LogP contribution in [0.1, 0.15) is 16.8 Å². The van der Waals surface area contributed by atoms with Crippen LogP contribution in [-0.2, 0) is 13.0 Å². The molecule has 1 aromatic carbocycles. The van der Waals surface area contributed by atoms with Gasteiger partial charge in [-0.3, -0.25) is 9.97 Å². The lowest BCUT2D eigenvalue weighted by atomic mass is 10.1. The molecular formula is C21H17N7O. The van der Waals surface area contributed by atoms with Gasteiger partial charge in [0.2, 0.25) is 5.65 Å². The van der Waals surface area contributed by atoms with E-state index in [1.165, 1.54) is 0 Å². The van der Waals surface area contributed by atoms with Crippen LogP contribution in [0.15, 0.2) is 61.2 Å². The molecule has 0 unspecified atom stereocenters. The van der Waals surface area contributed by atoms with Crippen molar-refractivity contribution in [2.45, 2.75) is 13.0 Å². The van der Waals surface area contributed by atoms with Crippen molar-refractivity contribution in [1.29, 1.82) is 0 Å². The highest BCUT2D eigenvalue weighted by molar-refractivity contribution is 5.79. The number of benzene rings is 1. The molecule has 142 valence electrons. The average molecular weight is 383 g/mol. The number of fused-ring (bicyclic) bond motifs is 2. The van der Waals surface area contributed by atoms with Gasteiger partial charge in [0.1, 0.15) is 5.75 Å². The third-order valence-corrected chi connectivity index (χ3v) is 4.67. The minimum Gasteiger partial charge on any atom is -0.495 e. The summed E-state index contributed by atoms with van der Waals surface area (Å²) in [7, 11) is 1.62. The zero-order valence-corrected chi connectivity index (χ0v) is 15.7. The van der Waals surface area contributed by atoms with Gasteiger partial charge in [-0.15, -0.1) is 5.10 Å². The van der Waals surface area contributed by atoms with Gasteiger partial charge in [-0.25, -0.2) is 14.6 Å². The van der Waals surface area contributed by atoms with Gasteiger partial charge in [0.15, 0.2) is 5.65 Å². The van der Waals surface area contributed by atoms with Crippen LogP contribution in [0.25, 0.3) is 22.2 Å². The lowest BCUT2D eigenvalue weighted by Gasteiger charge is -2.06. The summed E-state index contributed by atoms with van der Waals surface area (Å²) in [6.45, 7) is 0.556. The van der Waals surface area contributed by atoms with Gasteiger partial charge in [-0.05, 0) is 35.4 Å². The Hall–Kier alpha value is -3.94. The van der Waals surface area contributed by atoms with Gasteiger partial charge in [-0.2, -0.15) is 0 Å². The Balaban J connectivity index is 1.45. The van der Waals surface area contributed by atoms with Gasteiger partial charge in [0, 0.05) is 24.2 Å².